The summed E-state index contributed by atoms with van der Waals surface area (Å²) in [5.41, 5.74) is 6.43. The van der Waals surface area contributed by atoms with Crippen molar-refractivity contribution >= 4 is 5.91 Å². The van der Waals surface area contributed by atoms with Crippen LogP contribution in [0.1, 0.15) is 67.3 Å². The number of benzene rings is 2. The number of alkyl halides is 3. The Morgan fingerprint density at radius 2 is 1.34 bits per heavy atom. The van der Waals surface area contributed by atoms with Gasteiger partial charge in [-0.1, -0.05) is 48.5 Å². The fourth-order valence-corrected chi connectivity index (χ4v) is 4.28. The van der Waals surface area contributed by atoms with Crippen LogP contribution in [0.4, 0.5) is 13.2 Å². The second kappa shape index (κ2) is 11.0. The summed E-state index contributed by atoms with van der Waals surface area (Å²) in [7, 11) is 0. The molecule has 0 saturated heterocycles. The van der Waals surface area contributed by atoms with Gasteiger partial charge in [-0.3, -0.25) is 4.79 Å². The molecule has 2 fully saturated rings. The third-order valence-electron chi connectivity index (χ3n) is 6.53. The number of halogens is 3. The second-order valence-electron chi connectivity index (χ2n) is 8.89. The molecule has 2 aliphatic carbocycles. The number of nitrogens with zero attached hydrogens (tertiary/aromatic N) is 1. The van der Waals surface area contributed by atoms with Crippen LogP contribution in [0, 0.1) is 5.92 Å². The molecule has 2 aliphatic rings. The van der Waals surface area contributed by atoms with Crippen LogP contribution in [-0.2, 0) is 0 Å². The van der Waals surface area contributed by atoms with Gasteiger partial charge < -0.3 is 10.6 Å². The Labute approximate surface area is 188 Å². The summed E-state index contributed by atoms with van der Waals surface area (Å²) in [6, 6.07) is 18.5. The molecule has 0 bridgehead atoms. The highest BCUT2D eigenvalue weighted by Gasteiger charge is 2.40. The molecule has 174 valence electrons. The van der Waals surface area contributed by atoms with Crippen LogP contribution in [0.3, 0.4) is 0 Å². The average molecular weight is 447 g/mol. The van der Waals surface area contributed by atoms with Crippen molar-refractivity contribution in [3.8, 4) is 0 Å². The van der Waals surface area contributed by atoms with Crippen molar-refractivity contribution in [2.24, 2.45) is 11.7 Å². The summed E-state index contributed by atoms with van der Waals surface area (Å²) in [6.07, 6.45) is 1.78. The fraction of sp³-hybridized carbons (Fsp3) is 0.500. The zero-order chi connectivity index (χ0) is 23.1. The normalized spacial score (nSPS) is 21.8. The molecule has 1 amide bonds. The van der Waals surface area contributed by atoms with E-state index in [2.05, 4.69) is 0 Å². The monoisotopic (exact) mass is 446 g/mol. The molecule has 0 aliphatic heterocycles. The molecular formula is C26H33F3N2O. The minimum absolute atomic E-state index is 0.0464. The number of rotatable bonds is 5. The molecule has 2 aromatic carbocycles. The highest BCUT2D eigenvalue weighted by Crippen LogP contribution is 2.37. The lowest BCUT2D eigenvalue weighted by Crippen LogP contribution is -2.44. The van der Waals surface area contributed by atoms with Crippen LogP contribution < -0.4 is 5.73 Å². The van der Waals surface area contributed by atoms with E-state index in [1.54, 1.807) is 12.1 Å². The average Bonchev–Trinajstić information content (AvgIpc) is 3.65. The highest BCUT2D eigenvalue weighted by atomic mass is 19.4. The summed E-state index contributed by atoms with van der Waals surface area (Å²) >= 11 is 0. The number of amides is 1. The quantitative estimate of drug-likeness (QED) is 0.598. The van der Waals surface area contributed by atoms with Gasteiger partial charge in [-0.2, -0.15) is 13.2 Å². The third-order valence-corrected chi connectivity index (χ3v) is 6.53. The number of nitrogens with two attached hydrogens (primary N) is 1. The topological polar surface area (TPSA) is 46.3 Å². The predicted octanol–water partition coefficient (Wildman–Crippen LogP) is 6.16. The molecule has 3 nitrogen and oxygen atoms in total. The van der Waals surface area contributed by atoms with Gasteiger partial charge in [0.1, 0.15) is 0 Å². The van der Waals surface area contributed by atoms with Crippen LogP contribution in [0.25, 0.3) is 0 Å². The van der Waals surface area contributed by atoms with Crippen LogP contribution in [0.15, 0.2) is 60.7 Å². The number of hydrogen-bond acceptors (Lipinski definition) is 2. The van der Waals surface area contributed by atoms with Gasteiger partial charge in [0, 0.05) is 17.6 Å². The van der Waals surface area contributed by atoms with E-state index in [9.17, 15) is 18.0 Å². The molecule has 4 rings (SSSR count). The molecule has 2 N–H and O–H groups in total. The van der Waals surface area contributed by atoms with Gasteiger partial charge >= 0.3 is 6.18 Å². The summed E-state index contributed by atoms with van der Waals surface area (Å²) in [6.45, 7) is 1.84. The first-order chi connectivity index (χ1) is 15.3. The Morgan fingerprint density at radius 1 is 0.906 bits per heavy atom. The van der Waals surface area contributed by atoms with E-state index in [0.717, 1.165) is 45.4 Å². The Balaban J connectivity index is 0.000000416. The first kappa shape index (κ1) is 24.3. The van der Waals surface area contributed by atoms with Crippen molar-refractivity contribution in [3.05, 3.63) is 71.8 Å². The van der Waals surface area contributed by atoms with Crippen molar-refractivity contribution in [1.29, 1.82) is 0 Å². The number of carbonyl (C=O) groups is 1. The Kier molecular flexibility index (Phi) is 8.35. The van der Waals surface area contributed by atoms with E-state index < -0.39 is 12.1 Å². The van der Waals surface area contributed by atoms with Crippen LogP contribution in [0.2, 0.25) is 0 Å². The molecule has 0 aromatic heterocycles. The highest BCUT2D eigenvalue weighted by molar-refractivity contribution is 5.95. The lowest BCUT2D eigenvalue weighted by molar-refractivity contribution is -0.146. The zero-order valence-corrected chi connectivity index (χ0v) is 18.6. The second-order valence-corrected chi connectivity index (χ2v) is 8.89. The van der Waals surface area contributed by atoms with Gasteiger partial charge in [-0.15, -0.1) is 0 Å². The van der Waals surface area contributed by atoms with Gasteiger partial charge in [0.25, 0.3) is 5.91 Å². The smallest absolute Gasteiger partial charge is 0.333 e. The molecule has 2 aromatic rings. The van der Waals surface area contributed by atoms with E-state index in [1.165, 1.54) is 12.1 Å². The lowest BCUT2D eigenvalue weighted by atomic mass is 9.85. The molecule has 0 heterocycles. The maximum Gasteiger partial charge on any atom is 0.395 e. The zero-order valence-electron chi connectivity index (χ0n) is 18.6. The van der Waals surface area contributed by atoms with Gasteiger partial charge in [-0.05, 0) is 75.6 Å². The van der Waals surface area contributed by atoms with Gasteiger partial charge in [-0.25, -0.2) is 0 Å². The minimum Gasteiger partial charge on any atom is -0.333 e. The minimum atomic E-state index is -4.27. The lowest BCUT2D eigenvalue weighted by Gasteiger charge is -2.37. The molecule has 6 heteroatoms. The summed E-state index contributed by atoms with van der Waals surface area (Å²) in [4.78, 5) is 15.0. The van der Waals surface area contributed by atoms with E-state index in [-0.39, 0.29) is 23.6 Å². The fourth-order valence-electron chi connectivity index (χ4n) is 4.28. The number of hydrogen-bond donors (Lipinski definition) is 1. The molecule has 1 atom stereocenters. The molecule has 0 unspecified atom stereocenters. The van der Waals surface area contributed by atoms with Crippen LogP contribution in [-0.4, -0.2) is 35.6 Å². The molecular weight excluding hydrogens is 413 g/mol. The number of carbonyl (C=O) groups excluding carboxylic acids is 1. The Hall–Kier alpha value is -2.34. The van der Waals surface area contributed by atoms with E-state index in [4.69, 9.17) is 5.73 Å². The van der Waals surface area contributed by atoms with E-state index in [1.807, 2.05) is 41.3 Å². The standard InChI is InChI=1S/C20H27F3N2O.C6H6/c1-13(20(21,22)23)15-4-6-16(7-5-15)19(26)25(18-10-11-18)17-8-2-14(12-24)3-9-17;1-2-4-6-5-3-1/h4-7,13-14,17-18H,2-3,8-12,24H2,1H3;1-6H/t13-,14?,17?;/m1./s1. The van der Waals surface area contributed by atoms with Crippen molar-refractivity contribution in [1.82, 2.24) is 4.90 Å². The summed E-state index contributed by atoms with van der Waals surface area (Å²) < 4.78 is 38.6. The first-order valence-corrected chi connectivity index (χ1v) is 11.5. The molecule has 0 spiro atoms. The molecule has 0 radical (unpaired) electrons. The van der Waals surface area contributed by atoms with Gasteiger partial charge in [0.15, 0.2) is 0 Å². The summed E-state index contributed by atoms with van der Waals surface area (Å²) in [5.74, 6) is -1.03. The SMILES string of the molecule is C[C@H](c1ccc(C(=O)N(C2CCC(CN)CC2)C2CC2)cc1)C(F)(F)F.c1ccccc1. The van der Waals surface area contributed by atoms with Crippen molar-refractivity contribution in [2.75, 3.05) is 6.54 Å². The van der Waals surface area contributed by atoms with Crippen LogP contribution >= 0.6 is 0 Å². The van der Waals surface area contributed by atoms with Crippen LogP contribution in [0.5, 0.6) is 0 Å². The maximum absolute atomic E-state index is 13.0. The maximum atomic E-state index is 13.0. The Morgan fingerprint density at radius 3 is 1.72 bits per heavy atom. The molecule has 2 saturated carbocycles. The van der Waals surface area contributed by atoms with Gasteiger partial charge in [0.2, 0.25) is 0 Å². The van der Waals surface area contributed by atoms with E-state index in [0.29, 0.717) is 18.0 Å². The third kappa shape index (κ3) is 6.58. The largest absolute Gasteiger partial charge is 0.395 e. The van der Waals surface area contributed by atoms with Gasteiger partial charge in [0.05, 0.1) is 5.92 Å². The summed E-state index contributed by atoms with van der Waals surface area (Å²) in [5, 5.41) is 0. The van der Waals surface area contributed by atoms with Crippen molar-refractivity contribution in [3.63, 3.8) is 0 Å². The molecule has 32 heavy (non-hydrogen) atoms. The van der Waals surface area contributed by atoms with E-state index >= 15 is 0 Å². The Bertz CT molecular complexity index is 800. The first-order valence-electron chi connectivity index (χ1n) is 11.5. The predicted molar refractivity (Wildman–Crippen MR) is 121 cm³/mol. The van der Waals surface area contributed by atoms with Crippen molar-refractivity contribution < 1.29 is 18.0 Å². The van der Waals surface area contributed by atoms with Crippen molar-refractivity contribution in [2.45, 2.75) is 69.6 Å².